The first-order valence-corrected chi connectivity index (χ1v) is 10.7. The summed E-state index contributed by atoms with van der Waals surface area (Å²) in [6.07, 6.45) is 4.14. The van der Waals surface area contributed by atoms with Gasteiger partial charge in [-0.05, 0) is 63.7 Å². The number of nitrogens with zero attached hydrogens (tertiary/aromatic N) is 3. The van der Waals surface area contributed by atoms with Crippen molar-refractivity contribution in [2.24, 2.45) is 5.92 Å². The van der Waals surface area contributed by atoms with E-state index in [0.717, 1.165) is 31.8 Å². The van der Waals surface area contributed by atoms with Crippen LogP contribution in [-0.4, -0.2) is 54.8 Å². The van der Waals surface area contributed by atoms with E-state index >= 15 is 0 Å². The maximum atomic E-state index is 12.9. The van der Waals surface area contributed by atoms with E-state index in [1.54, 1.807) is 6.92 Å². The molecule has 2 aliphatic heterocycles. The average molecular weight is 381 g/mol. The number of piperidine rings is 2. The molecule has 0 atom stereocenters. The van der Waals surface area contributed by atoms with Crippen molar-refractivity contribution < 1.29 is 13.3 Å². The standard InChI is InChI=1S/C18H27N3O4S/c1-14-5-9-19(10-6-14)16-7-11-20(12-8-16)26(24,25)17-3-4-18(21(22)23)15(2)13-17/h3-4,13-14,16H,5-12H2,1-2H3. The van der Waals surface area contributed by atoms with Crippen LogP contribution in [0.2, 0.25) is 0 Å². The van der Waals surface area contributed by atoms with Crippen LogP contribution in [0.15, 0.2) is 23.1 Å². The third-order valence-corrected chi connectivity index (χ3v) is 7.66. The quantitative estimate of drug-likeness (QED) is 0.591. The second kappa shape index (κ2) is 7.62. The van der Waals surface area contributed by atoms with Crippen LogP contribution < -0.4 is 0 Å². The Bertz CT molecular complexity index is 765. The molecule has 0 saturated carbocycles. The zero-order valence-corrected chi connectivity index (χ0v) is 16.2. The lowest BCUT2D eigenvalue weighted by Gasteiger charge is -2.41. The predicted molar refractivity (Wildman–Crippen MR) is 99.6 cm³/mol. The highest BCUT2D eigenvalue weighted by Crippen LogP contribution is 2.28. The number of sulfonamides is 1. The van der Waals surface area contributed by atoms with Crippen molar-refractivity contribution in [3.63, 3.8) is 0 Å². The van der Waals surface area contributed by atoms with Gasteiger partial charge in [0.2, 0.25) is 10.0 Å². The molecular weight excluding hydrogens is 354 g/mol. The summed E-state index contributed by atoms with van der Waals surface area (Å²) in [5.74, 6) is 0.789. The van der Waals surface area contributed by atoms with Crippen LogP contribution in [0.25, 0.3) is 0 Å². The van der Waals surface area contributed by atoms with Gasteiger partial charge >= 0.3 is 0 Å². The highest BCUT2D eigenvalue weighted by atomic mass is 32.2. The van der Waals surface area contributed by atoms with E-state index in [2.05, 4.69) is 11.8 Å². The Morgan fingerprint density at radius 1 is 1.08 bits per heavy atom. The molecule has 144 valence electrons. The zero-order chi connectivity index (χ0) is 18.9. The molecular formula is C18H27N3O4S. The Balaban J connectivity index is 1.66. The van der Waals surface area contributed by atoms with Gasteiger partial charge in [0.05, 0.1) is 9.82 Å². The molecule has 0 unspecified atom stereocenters. The van der Waals surface area contributed by atoms with Gasteiger partial charge in [-0.2, -0.15) is 4.31 Å². The van der Waals surface area contributed by atoms with Crippen molar-refractivity contribution in [3.05, 3.63) is 33.9 Å². The SMILES string of the molecule is Cc1cc(S(=O)(=O)N2CCC(N3CCC(C)CC3)CC2)ccc1[N+](=O)[O-]. The molecule has 2 heterocycles. The molecule has 26 heavy (non-hydrogen) atoms. The topological polar surface area (TPSA) is 83.8 Å². The second-order valence-corrected chi connectivity index (χ2v) is 9.50. The number of rotatable bonds is 4. The van der Waals surface area contributed by atoms with Crippen molar-refractivity contribution in [2.75, 3.05) is 26.2 Å². The van der Waals surface area contributed by atoms with E-state index in [4.69, 9.17) is 0 Å². The van der Waals surface area contributed by atoms with Crippen LogP contribution in [0, 0.1) is 23.0 Å². The molecule has 0 aromatic heterocycles. The number of nitro benzene ring substituents is 1. The van der Waals surface area contributed by atoms with Gasteiger partial charge in [0.15, 0.2) is 0 Å². The lowest BCUT2D eigenvalue weighted by atomic mass is 9.95. The Hall–Kier alpha value is -1.51. The van der Waals surface area contributed by atoms with Gasteiger partial charge < -0.3 is 4.90 Å². The molecule has 2 aliphatic rings. The monoisotopic (exact) mass is 381 g/mol. The summed E-state index contributed by atoms with van der Waals surface area (Å²) in [5, 5.41) is 10.9. The summed E-state index contributed by atoms with van der Waals surface area (Å²) in [4.78, 5) is 13.1. The minimum atomic E-state index is -3.60. The smallest absolute Gasteiger partial charge is 0.272 e. The average Bonchev–Trinajstić information content (AvgIpc) is 2.62. The minimum absolute atomic E-state index is 0.0537. The summed E-state index contributed by atoms with van der Waals surface area (Å²) >= 11 is 0. The fraction of sp³-hybridized carbons (Fsp3) is 0.667. The van der Waals surface area contributed by atoms with E-state index in [0.29, 0.717) is 24.7 Å². The van der Waals surface area contributed by atoms with Crippen LogP contribution in [0.3, 0.4) is 0 Å². The molecule has 0 amide bonds. The third kappa shape index (κ3) is 3.92. The first-order valence-electron chi connectivity index (χ1n) is 9.28. The van der Waals surface area contributed by atoms with Crippen LogP contribution in [0.5, 0.6) is 0 Å². The molecule has 2 fully saturated rings. The molecule has 8 heteroatoms. The Kier molecular flexibility index (Phi) is 5.64. The largest absolute Gasteiger partial charge is 0.300 e. The van der Waals surface area contributed by atoms with Gasteiger partial charge in [0, 0.05) is 30.8 Å². The van der Waals surface area contributed by atoms with E-state index in [-0.39, 0.29) is 10.6 Å². The zero-order valence-electron chi connectivity index (χ0n) is 15.4. The fourth-order valence-corrected chi connectivity index (χ4v) is 5.54. The van der Waals surface area contributed by atoms with Crippen molar-refractivity contribution in [2.45, 2.75) is 50.5 Å². The number of nitro groups is 1. The second-order valence-electron chi connectivity index (χ2n) is 7.56. The van der Waals surface area contributed by atoms with Gasteiger partial charge in [0.25, 0.3) is 5.69 Å². The lowest BCUT2D eigenvalue weighted by Crippen LogP contribution is -2.48. The molecule has 1 aromatic carbocycles. The van der Waals surface area contributed by atoms with Gasteiger partial charge in [-0.3, -0.25) is 10.1 Å². The summed E-state index contributed by atoms with van der Waals surface area (Å²) in [5.41, 5.74) is 0.315. The van der Waals surface area contributed by atoms with Crippen molar-refractivity contribution in [3.8, 4) is 0 Å². The summed E-state index contributed by atoms with van der Waals surface area (Å²) in [7, 11) is -3.60. The molecule has 1 aromatic rings. The number of aryl methyl sites for hydroxylation is 1. The highest BCUT2D eigenvalue weighted by Gasteiger charge is 2.33. The van der Waals surface area contributed by atoms with Crippen LogP contribution in [0.4, 0.5) is 5.69 Å². The Morgan fingerprint density at radius 2 is 1.69 bits per heavy atom. The molecule has 2 saturated heterocycles. The minimum Gasteiger partial charge on any atom is -0.300 e. The van der Waals surface area contributed by atoms with E-state index in [1.165, 1.54) is 35.3 Å². The number of likely N-dealkylation sites (tertiary alicyclic amines) is 1. The molecule has 0 aliphatic carbocycles. The van der Waals surface area contributed by atoms with Crippen molar-refractivity contribution >= 4 is 15.7 Å². The lowest BCUT2D eigenvalue weighted by molar-refractivity contribution is -0.385. The number of hydrogen-bond donors (Lipinski definition) is 0. The highest BCUT2D eigenvalue weighted by molar-refractivity contribution is 7.89. The number of benzene rings is 1. The molecule has 3 rings (SSSR count). The van der Waals surface area contributed by atoms with Crippen LogP contribution >= 0.6 is 0 Å². The molecule has 0 N–H and O–H groups in total. The van der Waals surface area contributed by atoms with E-state index in [1.807, 2.05) is 0 Å². The van der Waals surface area contributed by atoms with Gasteiger partial charge in [-0.15, -0.1) is 0 Å². The van der Waals surface area contributed by atoms with E-state index in [9.17, 15) is 18.5 Å². The summed E-state index contributed by atoms with van der Waals surface area (Å²) in [6.45, 7) is 7.10. The van der Waals surface area contributed by atoms with E-state index < -0.39 is 14.9 Å². The van der Waals surface area contributed by atoms with Crippen LogP contribution in [-0.2, 0) is 10.0 Å². The van der Waals surface area contributed by atoms with Crippen molar-refractivity contribution in [1.29, 1.82) is 0 Å². The van der Waals surface area contributed by atoms with Crippen molar-refractivity contribution in [1.82, 2.24) is 9.21 Å². The number of hydrogen-bond acceptors (Lipinski definition) is 5. The van der Waals surface area contributed by atoms with Gasteiger partial charge in [-0.1, -0.05) is 6.92 Å². The predicted octanol–water partition coefficient (Wildman–Crippen LogP) is 2.79. The van der Waals surface area contributed by atoms with Gasteiger partial charge in [0.1, 0.15) is 0 Å². The first kappa shape index (κ1) is 19.3. The fourth-order valence-electron chi connectivity index (χ4n) is 3.98. The molecule has 0 radical (unpaired) electrons. The summed E-state index contributed by atoms with van der Waals surface area (Å²) in [6, 6.07) is 4.50. The van der Waals surface area contributed by atoms with Crippen LogP contribution in [0.1, 0.15) is 38.2 Å². The maximum Gasteiger partial charge on any atom is 0.272 e. The maximum absolute atomic E-state index is 12.9. The third-order valence-electron chi connectivity index (χ3n) is 5.76. The molecule has 0 bridgehead atoms. The Labute approximate surface area is 155 Å². The molecule has 7 nitrogen and oxygen atoms in total. The van der Waals surface area contributed by atoms with Gasteiger partial charge in [-0.25, -0.2) is 8.42 Å². The Morgan fingerprint density at radius 3 is 2.23 bits per heavy atom. The normalized spacial score (nSPS) is 21.8. The first-order chi connectivity index (χ1) is 12.3. The summed E-state index contributed by atoms with van der Waals surface area (Å²) < 4.78 is 27.3. The molecule has 0 spiro atoms.